The minimum absolute atomic E-state index is 0.0947. The fourth-order valence-corrected chi connectivity index (χ4v) is 16.4. The van der Waals surface area contributed by atoms with Crippen LogP contribution >= 0.6 is 0 Å². The van der Waals surface area contributed by atoms with Gasteiger partial charge in [0.2, 0.25) is 0 Å². The first-order chi connectivity index (χ1) is 60.5. The number of pyridine rings is 5. The van der Waals surface area contributed by atoms with Crippen LogP contribution in [0, 0.1) is 41.3 Å². The number of furan rings is 5. The quantitative estimate of drug-likeness (QED) is 0.123. The fraction of sp³-hybridized carbons (Fsp3) is 0.194. The smallest absolute Gasteiger partial charge is 0.443 e. The third kappa shape index (κ3) is 13.9. The van der Waals surface area contributed by atoms with Gasteiger partial charge in [-0.15, -0.1) is 0 Å². The maximum Gasteiger partial charge on any atom is 0.443 e. The molecule has 15 nitrogen and oxygen atoms in total. The zero-order chi connectivity index (χ0) is 91.4. The Morgan fingerprint density at radius 2 is 0.628 bits per heavy atom. The monoisotopic (exact) mass is 1500 g/mol. The number of aryl methyl sites for hydroxylation is 11. The van der Waals surface area contributed by atoms with Crippen molar-refractivity contribution in [1.82, 2.24) is 24.1 Å². The highest BCUT2D eigenvalue weighted by Gasteiger charge is 2.45. The van der Waals surface area contributed by atoms with Crippen LogP contribution in [0.25, 0.3) is 84.2 Å². The summed E-state index contributed by atoms with van der Waals surface area (Å²) in [6.07, 6.45) is 25.0. The molecule has 0 N–H and O–H groups in total. The third-order valence-electron chi connectivity index (χ3n) is 22.1. The molecule has 113 heavy (non-hydrogen) atoms. The molecule has 0 saturated carbocycles. The van der Waals surface area contributed by atoms with E-state index < -0.39 is 34.3 Å². The van der Waals surface area contributed by atoms with Crippen molar-refractivity contribution >= 4 is 175 Å². The molecule has 0 aliphatic carbocycles. The van der Waals surface area contributed by atoms with Gasteiger partial charge in [-0.1, -0.05) is 91.0 Å². The highest BCUT2D eigenvalue weighted by atomic mass is 16.3. The molecular formula is C93H96B5N10O5+5. The standard InChI is InChI=1S/3C19H20BN2O.2C18H18BN2O/c1-13-11-18(21(3)12-14(13)2)20-19-16(9-10-22(20)4)15-7-5-6-8-17(15)23-19;1-13-9-10-21(3)17(11-13)20-19-18(14(2)12-22(20)4)15-7-5-6-8-16(15)23-19;1-13-9-10-17(21(3)11-13)20-19-18(14(2)12-22(20)4)15-7-5-6-8-16(15)23-19;1-13-8-10-20(2)17(12-13)19-18-15(9-11-21(19)3)14-6-4-5-7-16(14)22-18;1-13-8-9-17(20(2)12-13)19-18-15(10-11-21(19)3)14-6-4-5-7-16(14)22-18/h3*5-12H,1-4H3;2*4-12H,1-3H3/q5*+1/i2*2D3;1D3,2D3;;1D3. The van der Waals surface area contributed by atoms with Crippen molar-refractivity contribution in [2.75, 3.05) is 35.2 Å². The summed E-state index contributed by atoms with van der Waals surface area (Å²) in [4.78, 5) is 10.1. The van der Waals surface area contributed by atoms with Gasteiger partial charge in [0.15, 0.2) is 59.0 Å². The average molecular weight is 1500 g/mol. The predicted molar refractivity (Wildman–Crippen MR) is 466 cm³/mol. The lowest BCUT2D eigenvalue weighted by Gasteiger charge is -2.26. The van der Waals surface area contributed by atoms with Crippen molar-refractivity contribution < 1.29 is 65.5 Å². The molecule has 0 atom stereocenters. The van der Waals surface area contributed by atoms with Gasteiger partial charge in [-0.25, -0.2) is 22.8 Å². The topological polar surface area (TPSA) is 101 Å². The van der Waals surface area contributed by atoms with Crippen molar-refractivity contribution in [3.05, 3.63) is 299 Å². The molecular weight excluding hydrogens is 1390 g/mol. The molecule has 20 heteroatoms. The Labute approximate surface area is 685 Å². The van der Waals surface area contributed by atoms with Crippen LogP contribution in [-0.2, 0) is 35.2 Å². The van der Waals surface area contributed by atoms with E-state index in [0.717, 1.165) is 99.9 Å². The number of hydrogen-bond acceptors (Lipinski definition) is 10. The third-order valence-corrected chi connectivity index (χ3v) is 22.1. The predicted octanol–water partition coefficient (Wildman–Crippen LogP) is 9.03. The van der Waals surface area contributed by atoms with Gasteiger partial charge in [0.05, 0.1) is 0 Å². The summed E-state index contributed by atoms with van der Waals surface area (Å²) < 4.78 is 158. The first-order valence-electron chi connectivity index (χ1n) is 45.1. The van der Waals surface area contributed by atoms with Gasteiger partial charge in [-0.3, -0.25) is 0 Å². The number of rotatable bonds is 5. The van der Waals surface area contributed by atoms with E-state index in [2.05, 4.69) is 131 Å². The first-order valence-corrected chi connectivity index (χ1v) is 37.6. The summed E-state index contributed by atoms with van der Waals surface area (Å²) in [7, 11) is 19.4. The molecule has 15 heterocycles. The maximum atomic E-state index is 8.00. The highest BCUT2D eigenvalue weighted by Crippen LogP contribution is 2.33. The largest absolute Gasteiger partial charge is 0.467 e. The van der Waals surface area contributed by atoms with E-state index in [0.29, 0.717) is 50.3 Å². The first kappa shape index (κ1) is 58.5. The van der Waals surface area contributed by atoms with Crippen LogP contribution in [0.15, 0.2) is 260 Å². The molecule has 5 aliphatic heterocycles. The van der Waals surface area contributed by atoms with Crippen molar-refractivity contribution in [3.63, 3.8) is 0 Å². The Bertz CT molecular complexity index is 7020. The number of benzene rings is 5. The second kappa shape index (κ2) is 30.3. The molecule has 0 saturated heterocycles. The number of para-hydroxylation sites is 5. The minimum Gasteiger partial charge on any atom is -0.467 e. The number of allylic oxidation sites excluding steroid dienone is 2. The summed E-state index contributed by atoms with van der Waals surface area (Å²) in [6, 6.07) is 56.6. The Balaban J connectivity index is 0.000000118. The van der Waals surface area contributed by atoms with Gasteiger partial charge in [0.1, 0.15) is 91.5 Å². The normalized spacial score (nSPS) is 16.5. The van der Waals surface area contributed by atoms with Crippen LogP contribution in [-0.4, -0.2) is 93.5 Å². The molecule has 0 radical (unpaired) electrons. The molecule has 0 amide bonds. The van der Waals surface area contributed by atoms with Crippen LogP contribution in [0.3, 0.4) is 0 Å². The average Bonchev–Trinajstić information content (AvgIpc) is 1.56. The van der Waals surface area contributed by atoms with Crippen LogP contribution in [0.5, 0.6) is 0 Å². The van der Waals surface area contributed by atoms with Gasteiger partial charge in [0, 0.05) is 122 Å². The molecule has 0 fully saturated rings. The van der Waals surface area contributed by atoms with Crippen LogP contribution < -0.4 is 79.1 Å². The summed E-state index contributed by atoms with van der Waals surface area (Å²) in [6.45, 7) is -5.62. The van der Waals surface area contributed by atoms with E-state index in [1.54, 1.807) is 72.7 Å². The van der Waals surface area contributed by atoms with E-state index >= 15 is 0 Å². The van der Waals surface area contributed by atoms with Crippen LogP contribution in [0.4, 0.5) is 0 Å². The van der Waals surface area contributed by atoms with Gasteiger partial charge in [-0.05, 0) is 222 Å². The zero-order valence-corrected chi connectivity index (χ0v) is 65.6. The summed E-state index contributed by atoms with van der Waals surface area (Å²) in [5, 5.41) is 4.97. The van der Waals surface area contributed by atoms with Crippen molar-refractivity contribution in [2.24, 2.45) is 35.2 Å². The highest BCUT2D eigenvalue weighted by molar-refractivity contribution is 6.84. The molecule has 5 aromatic carbocycles. The van der Waals surface area contributed by atoms with Crippen LogP contribution in [0.1, 0.15) is 95.5 Å². The summed E-state index contributed by atoms with van der Waals surface area (Å²) in [5.74, 6) is 0. The second-order valence-corrected chi connectivity index (χ2v) is 30.0. The van der Waals surface area contributed by atoms with E-state index in [9.17, 15) is 0 Å². The maximum absolute atomic E-state index is 8.00. The molecule has 20 rings (SSSR count). The molecule has 5 aliphatic rings. The van der Waals surface area contributed by atoms with Gasteiger partial charge in [0.25, 0.3) is 0 Å². The number of nitrogens with zero attached hydrogens (tertiary/aromatic N) is 10. The lowest BCUT2D eigenvalue weighted by Crippen LogP contribution is -2.65. The second-order valence-electron chi connectivity index (χ2n) is 30.0. The van der Waals surface area contributed by atoms with Crippen LogP contribution in [0.2, 0.25) is 0 Å². The van der Waals surface area contributed by atoms with Crippen molar-refractivity contribution in [1.29, 1.82) is 0 Å². The molecule has 0 spiro atoms. The molecule has 0 unspecified atom stereocenters. The van der Waals surface area contributed by atoms with Gasteiger partial charge < -0.3 is 46.1 Å². The van der Waals surface area contributed by atoms with E-state index in [4.69, 9.17) is 42.6 Å². The zero-order valence-electron chi connectivity index (χ0n) is 80.6. The van der Waals surface area contributed by atoms with Crippen molar-refractivity contribution in [3.8, 4) is 0 Å². The van der Waals surface area contributed by atoms with E-state index in [1.807, 2.05) is 191 Å². The van der Waals surface area contributed by atoms with E-state index in [1.165, 1.54) is 22.1 Å². The number of fused-ring (bicyclic) bond motifs is 15. The summed E-state index contributed by atoms with van der Waals surface area (Å²) >= 11 is 0. The molecule has 15 aromatic rings. The van der Waals surface area contributed by atoms with Crippen molar-refractivity contribution in [2.45, 2.75) is 55.0 Å². The molecule has 0 bridgehead atoms. The fourth-order valence-electron chi connectivity index (χ4n) is 16.4. The number of aromatic nitrogens is 5. The van der Waals surface area contributed by atoms with E-state index in [-0.39, 0.29) is 45.4 Å². The van der Waals surface area contributed by atoms with Gasteiger partial charge in [-0.2, -0.15) is 0 Å². The number of hydrogen-bond donors (Lipinski definition) is 0. The lowest BCUT2D eigenvalue weighted by molar-refractivity contribution is -0.654. The Morgan fingerprint density at radius 1 is 0.301 bits per heavy atom. The Hall–Kier alpha value is -12.4. The van der Waals surface area contributed by atoms with Gasteiger partial charge >= 0.3 is 34.2 Å². The minimum atomic E-state index is -2.30. The Kier molecular flexibility index (Phi) is 15.7. The SMILES string of the molecule is Cc1cc[n+](C)c(B2c3oc4ccccc4c3C=CN2C)c1.[2H]C([2H])([2H])C1=CN(C)B(c2cc(C)cc[n+]2C)c2oc3ccccc3c21.[2H]C([2H])([2H])C1=CN(C)B(c2ccc(C([2H])([2H])[2H])c[n+]2C)c2oc3ccccc3c21.[2H]C([2H])([2H])c1c[n+](C)c(B2c3oc4ccccc4c3C=CN2C)cc1C.[2H]C([2H])([2H])c1ccc(B2c3oc4ccccc4c3C=CN2C)[n+](C)c1. The molecule has 558 valence electrons. The molecule has 10 aromatic heterocycles. The Morgan fingerprint density at radius 3 is 1.00 bits per heavy atom. The summed E-state index contributed by atoms with van der Waals surface area (Å²) in [5.41, 5.74) is 22.4. The lowest BCUT2D eigenvalue weighted by atomic mass is 9.52.